The first kappa shape index (κ1) is 20.0. The quantitative estimate of drug-likeness (QED) is 0.685. The third kappa shape index (κ3) is 4.56. The van der Waals surface area contributed by atoms with Crippen LogP contribution >= 0.6 is 0 Å². The van der Waals surface area contributed by atoms with E-state index in [1.807, 2.05) is 12.1 Å². The summed E-state index contributed by atoms with van der Waals surface area (Å²) in [6, 6.07) is 5.52. The van der Waals surface area contributed by atoms with Gasteiger partial charge in [0.2, 0.25) is 11.7 Å². The van der Waals surface area contributed by atoms with E-state index in [0.717, 1.165) is 31.5 Å². The number of benzene rings is 1. The normalized spacial score (nSPS) is 16.0. The molecule has 2 aromatic rings. The molecule has 0 aliphatic carbocycles. The molecule has 1 aromatic heterocycles. The van der Waals surface area contributed by atoms with Gasteiger partial charge in [-0.3, -0.25) is 4.79 Å². The highest BCUT2D eigenvalue weighted by Crippen LogP contribution is 2.40. The Morgan fingerprint density at radius 2 is 2.04 bits per heavy atom. The summed E-state index contributed by atoms with van der Waals surface area (Å²) in [5, 5.41) is 10.6. The van der Waals surface area contributed by atoms with Crippen LogP contribution < -0.4 is 24.8 Å². The van der Waals surface area contributed by atoms with Crippen LogP contribution in [0.2, 0.25) is 0 Å². The summed E-state index contributed by atoms with van der Waals surface area (Å²) < 4.78 is 18.0. The Hall–Kier alpha value is -2.74. The number of hydrogen-bond acceptors (Lipinski definition) is 6. The molecule has 1 aliphatic rings. The SMILES string of the molecule is COc1ccc(Cn2nccc2NC(=O)CCC2CCNC2)c(OC)c1OC. The van der Waals surface area contributed by atoms with Crippen LogP contribution in [-0.2, 0) is 11.3 Å². The van der Waals surface area contributed by atoms with E-state index in [2.05, 4.69) is 15.7 Å². The summed E-state index contributed by atoms with van der Waals surface area (Å²) in [6.45, 7) is 2.48. The van der Waals surface area contributed by atoms with Crippen molar-refractivity contribution in [2.45, 2.75) is 25.8 Å². The average Bonchev–Trinajstić information content (AvgIpc) is 3.38. The number of aromatic nitrogens is 2. The lowest BCUT2D eigenvalue weighted by molar-refractivity contribution is -0.116. The third-order valence-corrected chi connectivity index (χ3v) is 5.03. The van der Waals surface area contributed by atoms with E-state index in [4.69, 9.17) is 14.2 Å². The molecule has 3 rings (SSSR count). The largest absolute Gasteiger partial charge is 0.493 e. The molecule has 0 spiro atoms. The highest BCUT2D eigenvalue weighted by molar-refractivity contribution is 5.89. The maximum atomic E-state index is 12.3. The predicted octanol–water partition coefficient (Wildman–Crippen LogP) is 2.29. The standard InChI is InChI=1S/C20H28N4O4/c1-26-16-6-5-15(19(27-2)20(16)28-3)13-24-17(9-11-22-24)23-18(25)7-4-14-8-10-21-12-14/h5-6,9,11,14,21H,4,7-8,10,12-13H2,1-3H3,(H,23,25). The van der Waals surface area contributed by atoms with Crippen LogP contribution in [0.1, 0.15) is 24.8 Å². The van der Waals surface area contributed by atoms with Gasteiger partial charge in [-0.25, -0.2) is 4.68 Å². The molecule has 8 heteroatoms. The number of nitrogens with one attached hydrogen (secondary N) is 2. The van der Waals surface area contributed by atoms with Crippen molar-refractivity contribution in [1.29, 1.82) is 0 Å². The van der Waals surface area contributed by atoms with Gasteiger partial charge in [0, 0.05) is 18.1 Å². The van der Waals surface area contributed by atoms with Crippen LogP contribution in [0.15, 0.2) is 24.4 Å². The molecule has 1 atom stereocenters. The predicted molar refractivity (Wildman–Crippen MR) is 106 cm³/mol. The minimum atomic E-state index is 0.00734. The highest BCUT2D eigenvalue weighted by atomic mass is 16.5. The highest BCUT2D eigenvalue weighted by Gasteiger charge is 2.19. The summed E-state index contributed by atoms with van der Waals surface area (Å²) in [7, 11) is 4.74. The second-order valence-corrected chi connectivity index (χ2v) is 6.81. The van der Waals surface area contributed by atoms with Gasteiger partial charge >= 0.3 is 0 Å². The molecule has 0 radical (unpaired) electrons. The molecule has 1 amide bonds. The fraction of sp³-hybridized carbons (Fsp3) is 0.500. The van der Waals surface area contributed by atoms with Crippen molar-refractivity contribution < 1.29 is 19.0 Å². The van der Waals surface area contributed by atoms with E-state index < -0.39 is 0 Å². The number of hydrogen-bond donors (Lipinski definition) is 2. The van der Waals surface area contributed by atoms with Crippen molar-refractivity contribution >= 4 is 11.7 Å². The maximum absolute atomic E-state index is 12.3. The second kappa shape index (κ2) is 9.45. The molecule has 8 nitrogen and oxygen atoms in total. The van der Waals surface area contributed by atoms with E-state index in [1.165, 1.54) is 0 Å². The van der Waals surface area contributed by atoms with E-state index >= 15 is 0 Å². The number of ether oxygens (including phenoxy) is 3. The molecule has 2 N–H and O–H groups in total. The molecule has 0 bridgehead atoms. The number of carbonyl (C=O) groups is 1. The number of rotatable bonds is 9. The van der Waals surface area contributed by atoms with Gasteiger partial charge in [0.15, 0.2) is 11.5 Å². The van der Waals surface area contributed by atoms with E-state index in [-0.39, 0.29) is 5.91 Å². The fourth-order valence-electron chi connectivity index (χ4n) is 3.52. The molecule has 1 aromatic carbocycles. The van der Waals surface area contributed by atoms with Crippen molar-refractivity contribution in [3.63, 3.8) is 0 Å². The number of amides is 1. The second-order valence-electron chi connectivity index (χ2n) is 6.81. The zero-order valence-corrected chi connectivity index (χ0v) is 16.7. The lowest BCUT2D eigenvalue weighted by Crippen LogP contribution is -2.18. The molecule has 1 saturated heterocycles. The lowest BCUT2D eigenvalue weighted by Gasteiger charge is -2.16. The Balaban J connectivity index is 1.69. The minimum Gasteiger partial charge on any atom is -0.493 e. The molecule has 0 saturated carbocycles. The molecule has 1 unspecified atom stereocenters. The molecular formula is C20H28N4O4. The molecular weight excluding hydrogens is 360 g/mol. The van der Waals surface area contributed by atoms with Gasteiger partial charge < -0.3 is 24.8 Å². The molecule has 152 valence electrons. The van der Waals surface area contributed by atoms with Crippen LogP contribution in [-0.4, -0.2) is 50.1 Å². The van der Waals surface area contributed by atoms with Crippen molar-refractivity contribution in [2.75, 3.05) is 39.7 Å². The topological polar surface area (TPSA) is 86.6 Å². The summed E-state index contributed by atoms with van der Waals surface area (Å²) >= 11 is 0. The van der Waals surface area contributed by atoms with E-state index in [1.54, 1.807) is 38.3 Å². The first-order valence-electron chi connectivity index (χ1n) is 9.46. The summed E-state index contributed by atoms with van der Waals surface area (Å²) in [6.07, 6.45) is 4.22. The van der Waals surface area contributed by atoms with Gasteiger partial charge in [0.1, 0.15) is 5.82 Å². The summed E-state index contributed by atoms with van der Waals surface area (Å²) in [5.74, 6) is 2.97. The van der Waals surface area contributed by atoms with Gasteiger partial charge in [-0.15, -0.1) is 0 Å². The Bertz CT molecular complexity index is 799. The smallest absolute Gasteiger partial charge is 0.225 e. The van der Waals surface area contributed by atoms with Crippen LogP contribution in [0.3, 0.4) is 0 Å². The number of methoxy groups -OCH3 is 3. The van der Waals surface area contributed by atoms with Crippen molar-refractivity contribution in [3.8, 4) is 17.2 Å². The van der Waals surface area contributed by atoms with Crippen LogP contribution in [0.4, 0.5) is 5.82 Å². The van der Waals surface area contributed by atoms with Gasteiger partial charge in [-0.05, 0) is 44.0 Å². The monoisotopic (exact) mass is 388 g/mol. The number of anilines is 1. The molecule has 1 aliphatic heterocycles. The van der Waals surface area contributed by atoms with Gasteiger partial charge in [-0.1, -0.05) is 0 Å². The zero-order chi connectivity index (χ0) is 19.9. The fourth-order valence-corrected chi connectivity index (χ4v) is 3.52. The Labute approximate surface area is 165 Å². The van der Waals surface area contributed by atoms with E-state index in [9.17, 15) is 4.79 Å². The minimum absolute atomic E-state index is 0.00734. The maximum Gasteiger partial charge on any atom is 0.225 e. The Morgan fingerprint density at radius 1 is 1.21 bits per heavy atom. The summed E-state index contributed by atoms with van der Waals surface area (Å²) in [4.78, 5) is 12.3. The van der Waals surface area contributed by atoms with E-state index in [0.29, 0.717) is 41.9 Å². The lowest BCUT2D eigenvalue weighted by atomic mass is 10.0. The van der Waals surface area contributed by atoms with Crippen molar-refractivity contribution in [3.05, 3.63) is 30.0 Å². The molecule has 1 fully saturated rings. The Morgan fingerprint density at radius 3 is 2.71 bits per heavy atom. The van der Waals surface area contributed by atoms with Crippen LogP contribution in [0, 0.1) is 5.92 Å². The van der Waals surface area contributed by atoms with Gasteiger partial charge in [0.05, 0.1) is 34.1 Å². The van der Waals surface area contributed by atoms with Gasteiger partial charge in [-0.2, -0.15) is 5.10 Å². The zero-order valence-electron chi connectivity index (χ0n) is 16.7. The van der Waals surface area contributed by atoms with Crippen LogP contribution in [0.25, 0.3) is 0 Å². The number of nitrogens with zero attached hydrogens (tertiary/aromatic N) is 2. The average molecular weight is 388 g/mol. The van der Waals surface area contributed by atoms with Crippen LogP contribution in [0.5, 0.6) is 17.2 Å². The molecule has 2 heterocycles. The summed E-state index contributed by atoms with van der Waals surface area (Å²) in [5.41, 5.74) is 0.872. The third-order valence-electron chi connectivity index (χ3n) is 5.03. The first-order chi connectivity index (χ1) is 13.7. The van der Waals surface area contributed by atoms with Crippen molar-refractivity contribution in [2.24, 2.45) is 5.92 Å². The van der Waals surface area contributed by atoms with Gasteiger partial charge in [0.25, 0.3) is 0 Å². The number of carbonyl (C=O) groups excluding carboxylic acids is 1. The van der Waals surface area contributed by atoms with Crippen molar-refractivity contribution in [1.82, 2.24) is 15.1 Å². The first-order valence-corrected chi connectivity index (χ1v) is 9.46. The Kier molecular flexibility index (Phi) is 6.76. The molecule has 28 heavy (non-hydrogen) atoms.